The van der Waals surface area contributed by atoms with Gasteiger partial charge in [0, 0.05) is 13.1 Å². The van der Waals surface area contributed by atoms with Gasteiger partial charge in [0.15, 0.2) is 0 Å². The Labute approximate surface area is 125 Å². The van der Waals surface area contributed by atoms with Gasteiger partial charge < -0.3 is 5.11 Å². The minimum atomic E-state index is -3.56. The Kier molecular flexibility index (Phi) is 5.07. The van der Waals surface area contributed by atoms with E-state index in [4.69, 9.17) is 16.7 Å². The molecule has 1 atom stereocenters. The van der Waals surface area contributed by atoms with Crippen LogP contribution < -0.4 is 0 Å². The zero-order chi connectivity index (χ0) is 14.8. The standard InChI is InChI=1S/C14H20ClNO3S/c1-2-3-11-6-7-16(9-11)20(18,19)14-8-12(10-17)4-5-13(14)15/h4-5,8,11,17H,2-3,6-7,9-10H2,1H3. The third kappa shape index (κ3) is 3.17. The quantitative estimate of drug-likeness (QED) is 0.908. The Morgan fingerprint density at radius 2 is 2.20 bits per heavy atom. The van der Waals surface area contributed by atoms with Crippen molar-refractivity contribution in [2.24, 2.45) is 5.92 Å². The van der Waals surface area contributed by atoms with Gasteiger partial charge in [-0.2, -0.15) is 4.31 Å². The summed E-state index contributed by atoms with van der Waals surface area (Å²) in [6.07, 6.45) is 3.03. The van der Waals surface area contributed by atoms with Crippen LogP contribution in [-0.4, -0.2) is 30.9 Å². The third-order valence-electron chi connectivity index (χ3n) is 3.74. The molecule has 1 aliphatic heterocycles. The van der Waals surface area contributed by atoms with Crippen LogP contribution in [0.5, 0.6) is 0 Å². The second-order valence-corrected chi connectivity index (χ2v) is 7.54. The Morgan fingerprint density at radius 1 is 1.45 bits per heavy atom. The van der Waals surface area contributed by atoms with E-state index in [0.29, 0.717) is 24.6 Å². The first-order valence-corrected chi connectivity index (χ1v) is 8.70. The molecule has 0 saturated carbocycles. The number of nitrogens with zero attached hydrogens (tertiary/aromatic N) is 1. The summed E-state index contributed by atoms with van der Waals surface area (Å²) in [5.41, 5.74) is 0.553. The predicted molar refractivity (Wildman–Crippen MR) is 79.1 cm³/mol. The lowest BCUT2D eigenvalue weighted by molar-refractivity contribution is 0.281. The highest BCUT2D eigenvalue weighted by Gasteiger charge is 2.33. The number of benzene rings is 1. The SMILES string of the molecule is CCCC1CCN(S(=O)(=O)c2cc(CO)ccc2Cl)C1. The molecule has 0 amide bonds. The van der Waals surface area contributed by atoms with Crippen molar-refractivity contribution in [2.75, 3.05) is 13.1 Å². The van der Waals surface area contributed by atoms with Crippen molar-refractivity contribution in [3.05, 3.63) is 28.8 Å². The average molecular weight is 318 g/mol. The summed E-state index contributed by atoms with van der Waals surface area (Å²) in [6, 6.07) is 4.62. The lowest BCUT2D eigenvalue weighted by atomic mass is 10.0. The Balaban J connectivity index is 2.27. The smallest absolute Gasteiger partial charge is 0.244 e. The molecule has 1 aliphatic rings. The van der Waals surface area contributed by atoms with Crippen molar-refractivity contribution in [1.29, 1.82) is 0 Å². The zero-order valence-electron chi connectivity index (χ0n) is 11.5. The molecule has 1 heterocycles. The van der Waals surface area contributed by atoms with Crippen molar-refractivity contribution in [3.63, 3.8) is 0 Å². The minimum Gasteiger partial charge on any atom is -0.392 e. The first-order chi connectivity index (χ1) is 9.48. The summed E-state index contributed by atoms with van der Waals surface area (Å²) in [5, 5.41) is 9.35. The van der Waals surface area contributed by atoms with Crippen LogP contribution in [-0.2, 0) is 16.6 Å². The highest BCUT2D eigenvalue weighted by molar-refractivity contribution is 7.89. The van der Waals surface area contributed by atoms with E-state index in [1.54, 1.807) is 6.07 Å². The maximum Gasteiger partial charge on any atom is 0.244 e. The molecule has 1 unspecified atom stereocenters. The minimum absolute atomic E-state index is 0.0999. The van der Waals surface area contributed by atoms with Crippen LogP contribution in [0.3, 0.4) is 0 Å². The van der Waals surface area contributed by atoms with Crippen LogP contribution in [0.2, 0.25) is 5.02 Å². The average Bonchev–Trinajstić information content (AvgIpc) is 2.89. The van der Waals surface area contributed by atoms with Gasteiger partial charge in [-0.05, 0) is 36.5 Å². The lowest BCUT2D eigenvalue weighted by Gasteiger charge is -2.18. The molecule has 6 heteroatoms. The number of rotatable bonds is 5. The molecule has 1 saturated heterocycles. The van der Waals surface area contributed by atoms with Gasteiger partial charge in [-0.1, -0.05) is 31.0 Å². The fourth-order valence-corrected chi connectivity index (χ4v) is 4.70. The van der Waals surface area contributed by atoms with E-state index in [2.05, 4.69) is 6.92 Å². The van der Waals surface area contributed by atoms with Gasteiger partial charge in [0.2, 0.25) is 10.0 Å². The largest absolute Gasteiger partial charge is 0.392 e. The van der Waals surface area contributed by atoms with E-state index in [1.807, 2.05) is 0 Å². The molecule has 0 spiro atoms. The summed E-state index contributed by atoms with van der Waals surface area (Å²) < 4.78 is 26.8. The van der Waals surface area contributed by atoms with Gasteiger partial charge in [0.05, 0.1) is 11.6 Å². The monoisotopic (exact) mass is 317 g/mol. The van der Waals surface area contributed by atoms with E-state index in [1.165, 1.54) is 16.4 Å². The van der Waals surface area contributed by atoms with E-state index in [9.17, 15) is 8.42 Å². The summed E-state index contributed by atoms with van der Waals surface area (Å²) in [4.78, 5) is 0.0999. The van der Waals surface area contributed by atoms with Crippen molar-refractivity contribution in [3.8, 4) is 0 Å². The fraction of sp³-hybridized carbons (Fsp3) is 0.571. The summed E-state index contributed by atoms with van der Waals surface area (Å²) >= 11 is 6.03. The van der Waals surface area contributed by atoms with Crippen LogP contribution in [0, 0.1) is 5.92 Å². The lowest BCUT2D eigenvalue weighted by Crippen LogP contribution is -2.29. The molecular weight excluding hydrogens is 298 g/mol. The molecule has 0 bridgehead atoms. The van der Waals surface area contributed by atoms with Gasteiger partial charge in [-0.25, -0.2) is 8.42 Å². The predicted octanol–water partition coefficient (Wildman–Crippen LogP) is 2.64. The maximum atomic E-state index is 12.6. The van der Waals surface area contributed by atoms with Crippen molar-refractivity contribution in [2.45, 2.75) is 37.7 Å². The Hall–Kier alpha value is -0.620. The first-order valence-electron chi connectivity index (χ1n) is 6.88. The number of hydrogen-bond donors (Lipinski definition) is 1. The second kappa shape index (κ2) is 6.43. The number of aliphatic hydroxyl groups is 1. The van der Waals surface area contributed by atoms with Crippen LogP contribution in [0.4, 0.5) is 0 Å². The molecule has 1 aromatic carbocycles. The normalized spacial score (nSPS) is 20.4. The Bertz CT molecular complexity index is 574. The van der Waals surface area contributed by atoms with Crippen molar-refractivity contribution >= 4 is 21.6 Å². The first kappa shape index (κ1) is 15.8. The topological polar surface area (TPSA) is 57.6 Å². The molecule has 1 fully saturated rings. The summed E-state index contributed by atoms with van der Waals surface area (Å²) in [7, 11) is -3.56. The van der Waals surface area contributed by atoms with Gasteiger partial charge in [0.1, 0.15) is 4.90 Å². The van der Waals surface area contributed by atoms with Crippen molar-refractivity contribution in [1.82, 2.24) is 4.31 Å². The van der Waals surface area contributed by atoms with Crippen molar-refractivity contribution < 1.29 is 13.5 Å². The third-order valence-corrected chi connectivity index (χ3v) is 6.09. The molecule has 2 rings (SSSR count). The number of hydrogen-bond acceptors (Lipinski definition) is 3. The van der Waals surface area contributed by atoms with Crippen LogP contribution in [0.15, 0.2) is 23.1 Å². The van der Waals surface area contributed by atoms with Crippen LogP contribution in [0.25, 0.3) is 0 Å². The molecule has 0 radical (unpaired) electrons. The summed E-state index contributed by atoms with van der Waals surface area (Å²) in [6.45, 7) is 3.03. The maximum absolute atomic E-state index is 12.6. The molecule has 20 heavy (non-hydrogen) atoms. The van der Waals surface area contributed by atoms with Gasteiger partial charge >= 0.3 is 0 Å². The second-order valence-electron chi connectivity index (χ2n) is 5.23. The van der Waals surface area contributed by atoms with Crippen LogP contribution in [0.1, 0.15) is 31.7 Å². The number of halogens is 1. The van der Waals surface area contributed by atoms with E-state index in [0.717, 1.165) is 19.3 Å². The Morgan fingerprint density at radius 3 is 2.85 bits per heavy atom. The molecule has 1 aromatic rings. The highest BCUT2D eigenvalue weighted by Crippen LogP contribution is 2.30. The highest BCUT2D eigenvalue weighted by atomic mass is 35.5. The molecule has 0 aliphatic carbocycles. The zero-order valence-corrected chi connectivity index (χ0v) is 13.1. The van der Waals surface area contributed by atoms with Crippen LogP contribution >= 0.6 is 11.6 Å². The molecule has 0 aromatic heterocycles. The summed E-state index contributed by atoms with van der Waals surface area (Å²) in [5.74, 6) is 0.439. The molecule has 112 valence electrons. The molecule has 1 N–H and O–H groups in total. The molecular formula is C14H20ClNO3S. The number of sulfonamides is 1. The van der Waals surface area contributed by atoms with Gasteiger partial charge in [-0.3, -0.25) is 0 Å². The van der Waals surface area contributed by atoms with Gasteiger partial charge in [0.25, 0.3) is 0 Å². The van der Waals surface area contributed by atoms with Gasteiger partial charge in [-0.15, -0.1) is 0 Å². The fourth-order valence-electron chi connectivity index (χ4n) is 2.64. The van der Waals surface area contributed by atoms with E-state index in [-0.39, 0.29) is 16.5 Å². The van der Waals surface area contributed by atoms with E-state index < -0.39 is 10.0 Å². The molecule has 4 nitrogen and oxygen atoms in total. The number of aliphatic hydroxyl groups excluding tert-OH is 1. The van der Waals surface area contributed by atoms with E-state index >= 15 is 0 Å².